The number of rotatable bonds is 4. The first kappa shape index (κ1) is 9.86. The standard InChI is InChI=1S/C9H13BrN4/c10-7-4-12-9(13-5-7)14-8(3-11)6-1-2-6/h4-6,8H,1-3,11H2,(H,12,13,14). The molecule has 1 aliphatic rings. The average Bonchev–Trinajstić information content (AvgIpc) is 3.01. The molecule has 1 atom stereocenters. The molecule has 1 saturated carbocycles. The van der Waals surface area contributed by atoms with Gasteiger partial charge in [0, 0.05) is 25.0 Å². The molecule has 0 aliphatic heterocycles. The van der Waals surface area contributed by atoms with E-state index in [4.69, 9.17) is 5.73 Å². The van der Waals surface area contributed by atoms with E-state index in [1.165, 1.54) is 12.8 Å². The highest BCUT2D eigenvalue weighted by atomic mass is 79.9. The van der Waals surface area contributed by atoms with Crippen molar-refractivity contribution in [1.29, 1.82) is 0 Å². The van der Waals surface area contributed by atoms with Gasteiger partial charge in [-0.25, -0.2) is 9.97 Å². The van der Waals surface area contributed by atoms with Gasteiger partial charge in [0.1, 0.15) is 0 Å². The molecule has 1 aromatic heterocycles. The zero-order valence-electron chi connectivity index (χ0n) is 7.78. The average molecular weight is 257 g/mol. The lowest BCUT2D eigenvalue weighted by Crippen LogP contribution is -2.31. The highest BCUT2D eigenvalue weighted by molar-refractivity contribution is 9.10. The van der Waals surface area contributed by atoms with Crippen LogP contribution in [-0.4, -0.2) is 22.6 Å². The number of nitrogens with two attached hydrogens (primary N) is 1. The molecule has 2 rings (SSSR count). The topological polar surface area (TPSA) is 63.8 Å². The third kappa shape index (κ3) is 2.42. The van der Waals surface area contributed by atoms with Crippen LogP contribution in [0.5, 0.6) is 0 Å². The summed E-state index contributed by atoms with van der Waals surface area (Å²) in [6, 6.07) is 0.330. The Hall–Kier alpha value is -0.680. The first-order chi connectivity index (χ1) is 6.79. The second-order valence-corrected chi connectivity index (χ2v) is 4.46. The summed E-state index contributed by atoms with van der Waals surface area (Å²) < 4.78 is 0.888. The summed E-state index contributed by atoms with van der Waals surface area (Å²) in [5.41, 5.74) is 5.66. The maximum Gasteiger partial charge on any atom is 0.222 e. The number of hydrogen-bond donors (Lipinski definition) is 2. The fraction of sp³-hybridized carbons (Fsp3) is 0.556. The molecule has 0 bridgehead atoms. The molecule has 76 valence electrons. The third-order valence-corrected chi connectivity index (χ3v) is 2.79. The number of halogens is 1. The van der Waals surface area contributed by atoms with Crippen molar-refractivity contribution in [3.8, 4) is 0 Å². The predicted molar refractivity (Wildman–Crippen MR) is 58.9 cm³/mol. The van der Waals surface area contributed by atoms with Crippen LogP contribution in [0.3, 0.4) is 0 Å². The van der Waals surface area contributed by atoms with Gasteiger partial charge in [0.2, 0.25) is 5.95 Å². The van der Waals surface area contributed by atoms with Gasteiger partial charge in [-0.05, 0) is 34.7 Å². The largest absolute Gasteiger partial charge is 0.350 e. The van der Waals surface area contributed by atoms with Crippen molar-refractivity contribution in [2.24, 2.45) is 11.7 Å². The van der Waals surface area contributed by atoms with Gasteiger partial charge in [-0.3, -0.25) is 0 Å². The van der Waals surface area contributed by atoms with Crippen LogP contribution in [0.25, 0.3) is 0 Å². The Balaban J connectivity index is 1.98. The number of anilines is 1. The zero-order chi connectivity index (χ0) is 9.97. The van der Waals surface area contributed by atoms with Crippen LogP contribution in [0.1, 0.15) is 12.8 Å². The number of nitrogens with one attached hydrogen (secondary N) is 1. The van der Waals surface area contributed by atoms with Gasteiger partial charge >= 0.3 is 0 Å². The fourth-order valence-electron chi connectivity index (χ4n) is 1.42. The predicted octanol–water partition coefficient (Wildman–Crippen LogP) is 1.39. The Bertz CT molecular complexity index is 296. The molecular weight excluding hydrogens is 244 g/mol. The minimum Gasteiger partial charge on any atom is -0.350 e. The maximum atomic E-state index is 5.66. The van der Waals surface area contributed by atoms with Gasteiger partial charge < -0.3 is 11.1 Å². The monoisotopic (exact) mass is 256 g/mol. The Morgan fingerprint density at radius 3 is 2.64 bits per heavy atom. The molecule has 0 spiro atoms. The Kier molecular flexibility index (Phi) is 2.98. The molecule has 0 amide bonds. The fourth-order valence-corrected chi connectivity index (χ4v) is 1.63. The summed E-state index contributed by atoms with van der Waals surface area (Å²) in [6.45, 7) is 0.643. The highest BCUT2D eigenvalue weighted by Crippen LogP contribution is 2.33. The van der Waals surface area contributed by atoms with Crippen LogP contribution in [0.4, 0.5) is 5.95 Å². The van der Waals surface area contributed by atoms with E-state index < -0.39 is 0 Å². The van der Waals surface area contributed by atoms with Crippen molar-refractivity contribution < 1.29 is 0 Å². The molecular formula is C9H13BrN4. The number of aromatic nitrogens is 2. The van der Waals surface area contributed by atoms with Crippen molar-refractivity contribution in [2.75, 3.05) is 11.9 Å². The molecule has 5 heteroatoms. The minimum absolute atomic E-state index is 0.330. The minimum atomic E-state index is 0.330. The summed E-state index contributed by atoms with van der Waals surface area (Å²) >= 11 is 3.29. The van der Waals surface area contributed by atoms with E-state index in [0.717, 1.165) is 4.47 Å². The van der Waals surface area contributed by atoms with E-state index >= 15 is 0 Å². The molecule has 1 heterocycles. The van der Waals surface area contributed by atoms with E-state index in [-0.39, 0.29) is 0 Å². The first-order valence-corrected chi connectivity index (χ1v) is 5.53. The van der Waals surface area contributed by atoms with E-state index in [2.05, 4.69) is 31.2 Å². The lowest BCUT2D eigenvalue weighted by atomic mass is 10.2. The molecule has 3 N–H and O–H groups in total. The maximum absolute atomic E-state index is 5.66. The Labute approximate surface area is 91.4 Å². The lowest BCUT2D eigenvalue weighted by molar-refractivity contribution is 0.639. The second kappa shape index (κ2) is 4.23. The normalized spacial score (nSPS) is 17.9. The van der Waals surface area contributed by atoms with Crippen LogP contribution in [0.2, 0.25) is 0 Å². The first-order valence-electron chi connectivity index (χ1n) is 4.73. The molecule has 1 unspecified atom stereocenters. The van der Waals surface area contributed by atoms with E-state index in [9.17, 15) is 0 Å². The van der Waals surface area contributed by atoms with E-state index in [1.54, 1.807) is 12.4 Å². The van der Waals surface area contributed by atoms with Crippen molar-refractivity contribution in [3.05, 3.63) is 16.9 Å². The molecule has 14 heavy (non-hydrogen) atoms. The van der Waals surface area contributed by atoms with Gasteiger partial charge in [-0.15, -0.1) is 0 Å². The van der Waals surface area contributed by atoms with Crippen LogP contribution >= 0.6 is 15.9 Å². The van der Waals surface area contributed by atoms with Crippen LogP contribution in [-0.2, 0) is 0 Å². The van der Waals surface area contributed by atoms with Crippen molar-refractivity contribution in [2.45, 2.75) is 18.9 Å². The Morgan fingerprint density at radius 2 is 2.14 bits per heavy atom. The molecule has 1 aromatic rings. The van der Waals surface area contributed by atoms with Crippen molar-refractivity contribution in [3.63, 3.8) is 0 Å². The third-order valence-electron chi connectivity index (χ3n) is 2.38. The van der Waals surface area contributed by atoms with Gasteiger partial charge in [0.05, 0.1) is 4.47 Å². The van der Waals surface area contributed by atoms with Crippen molar-refractivity contribution in [1.82, 2.24) is 9.97 Å². The molecule has 1 aliphatic carbocycles. The van der Waals surface area contributed by atoms with Crippen molar-refractivity contribution >= 4 is 21.9 Å². The second-order valence-electron chi connectivity index (χ2n) is 3.55. The van der Waals surface area contributed by atoms with Crippen LogP contribution in [0, 0.1) is 5.92 Å². The Morgan fingerprint density at radius 1 is 1.50 bits per heavy atom. The van der Waals surface area contributed by atoms with Gasteiger partial charge in [0.15, 0.2) is 0 Å². The molecule has 4 nitrogen and oxygen atoms in total. The van der Waals surface area contributed by atoms with E-state index in [1.807, 2.05) is 0 Å². The molecule has 0 saturated heterocycles. The highest BCUT2D eigenvalue weighted by Gasteiger charge is 2.30. The molecule has 1 fully saturated rings. The molecule has 0 radical (unpaired) electrons. The number of hydrogen-bond acceptors (Lipinski definition) is 4. The summed E-state index contributed by atoms with van der Waals surface area (Å²) in [6.07, 6.45) is 6.00. The van der Waals surface area contributed by atoms with E-state index in [0.29, 0.717) is 24.5 Å². The number of nitrogens with zero attached hydrogens (tertiary/aromatic N) is 2. The van der Waals surface area contributed by atoms with Gasteiger partial charge in [-0.1, -0.05) is 0 Å². The van der Waals surface area contributed by atoms with Gasteiger partial charge in [-0.2, -0.15) is 0 Å². The quantitative estimate of drug-likeness (QED) is 0.855. The zero-order valence-corrected chi connectivity index (χ0v) is 9.37. The SMILES string of the molecule is NCC(Nc1ncc(Br)cn1)C1CC1. The lowest BCUT2D eigenvalue weighted by Gasteiger charge is -2.15. The smallest absolute Gasteiger partial charge is 0.222 e. The van der Waals surface area contributed by atoms with Crippen LogP contribution in [0.15, 0.2) is 16.9 Å². The summed E-state index contributed by atoms with van der Waals surface area (Å²) in [4.78, 5) is 8.30. The summed E-state index contributed by atoms with van der Waals surface area (Å²) in [7, 11) is 0. The van der Waals surface area contributed by atoms with Gasteiger partial charge in [0.25, 0.3) is 0 Å². The molecule has 0 aromatic carbocycles. The summed E-state index contributed by atoms with van der Waals surface area (Å²) in [5, 5.41) is 3.25. The summed E-state index contributed by atoms with van der Waals surface area (Å²) in [5.74, 6) is 1.38. The van der Waals surface area contributed by atoms with Crippen LogP contribution < -0.4 is 11.1 Å².